The smallest absolute Gasteiger partial charge is 0.324 e. The average molecular weight is 442 g/mol. The molecule has 1 spiro atoms. The number of para-hydroxylation sites is 2. The molecule has 0 radical (unpaired) electrons. The summed E-state index contributed by atoms with van der Waals surface area (Å²) in [6.07, 6.45) is -5.50. The van der Waals surface area contributed by atoms with Crippen molar-refractivity contribution in [3.8, 4) is 0 Å². The monoisotopic (exact) mass is 442 g/mol. The van der Waals surface area contributed by atoms with Crippen LogP contribution < -0.4 is 15.5 Å². The zero-order valence-electron chi connectivity index (χ0n) is 15.5. The fraction of sp³-hybridized carbons (Fsp3) is 0.444. The number of imide groups is 1. The number of alkyl halides is 3. The maximum Gasteiger partial charge on any atom is 0.409 e. The molecule has 3 heterocycles. The van der Waals surface area contributed by atoms with Gasteiger partial charge in [-0.2, -0.15) is 24.9 Å². The number of carbonyl (C=O) groups excluding carboxylic acids is 4. The lowest BCUT2D eigenvalue weighted by Crippen LogP contribution is -2.53. The van der Waals surface area contributed by atoms with Crippen molar-refractivity contribution in [3.05, 3.63) is 24.3 Å². The third-order valence-electron chi connectivity index (χ3n) is 5.34. The first-order valence-electron chi connectivity index (χ1n) is 9.12. The van der Waals surface area contributed by atoms with E-state index in [9.17, 15) is 32.3 Å². The van der Waals surface area contributed by atoms with Crippen LogP contribution in [-0.2, 0) is 14.4 Å². The van der Waals surface area contributed by atoms with E-state index in [1.807, 2.05) is 0 Å². The molecule has 2 atom stereocenters. The van der Waals surface area contributed by atoms with Gasteiger partial charge in [-0.1, -0.05) is 12.1 Å². The van der Waals surface area contributed by atoms with E-state index in [2.05, 4.69) is 10.6 Å². The second kappa shape index (κ2) is 7.18. The number of anilines is 2. The fourth-order valence-corrected chi connectivity index (χ4v) is 5.18. The molecule has 8 nitrogen and oxygen atoms in total. The standard InChI is InChI=1S/C18H17F3N4O4S/c19-18(20,21)12-7-13(26)22-10-3-1-2-4-11(10)25(12)14(27)8-24-15(28)17(23-16(24)29)5-6-30-9-17/h1-4,12H,5-9H2,(H,22,26)(H,23,29). The Morgan fingerprint density at radius 2 is 1.97 bits per heavy atom. The Labute approximate surface area is 173 Å². The van der Waals surface area contributed by atoms with Crippen molar-refractivity contribution < 1.29 is 32.3 Å². The Hall–Kier alpha value is -2.76. The Morgan fingerprint density at radius 1 is 1.23 bits per heavy atom. The van der Waals surface area contributed by atoms with Crippen LogP contribution in [0.25, 0.3) is 0 Å². The number of rotatable bonds is 2. The van der Waals surface area contributed by atoms with Crippen LogP contribution in [0.15, 0.2) is 24.3 Å². The molecule has 0 saturated carbocycles. The molecule has 2 saturated heterocycles. The summed E-state index contributed by atoms with van der Waals surface area (Å²) < 4.78 is 41.3. The first kappa shape index (κ1) is 20.5. The third-order valence-corrected chi connectivity index (χ3v) is 6.53. The number of thioether (sulfide) groups is 1. The molecule has 5 amide bonds. The molecule has 4 rings (SSSR count). The molecule has 0 aromatic heterocycles. The number of amides is 5. The summed E-state index contributed by atoms with van der Waals surface area (Å²) >= 11 is 1.47. The van der Waals surface area contributed by atoms with Crippen LogP contribution in [0, 0.1) is 0 Å². The number of hydrogen-bond acceptors (Lipinski definition) is 5. The number of benzene rings is 1. The minimum Gasteiger partial charge on any atom is -0.324 e. The predicted octanol–water partition coefficient (Wildman–Crippen LogP) is 1.72. The zero-order valence-corrected chi connectivity index (χ0v) is 16.3. The highest BCUT2D eigenvalue weighted by Gasteiger charge is 2.55. The van der Waals surface area contributed by atoms with Gasteiger partial charge in [0.05, 0.1) is 17.8 Å². The maximum absolute atomic E-state index is 13.8. The molecule has 0 aliphatic carbocycles. The first-order valence-corrected chi connectivity index (χ1v) is 10.3. The highest BCUT2D eigenvalue weighted by atomic mass is 32.2. The number of urea groups is 1. The number of hydrogen-bond donors (Lipinski definition) is 2. The molecular formula is C18H17F3N4O4S. The zero-order chi connectivity index (χ0) is 21.7. The molecule has 1 aromatic carbocycles. The van der Waals surface area contributed by atoms with Crippen molar-refractivity contribution >= 4 is 46.9 Å². The molecular weight excluding hydrogens is 425 g/mol. The lowest BCUT2D eigenvalue weighted by molar-refractivity contribution is -0.158. The van der Waals surface area contributed by atoms with Crippen molar-refractivity contribution in [2.24, 2.45) is 0 Å². The number of nitrogens with zero attached hydrogens (tertiary/aromatic N) is 2. The summed E-state index contributed by atoms with van der Waals surface area (Å²) in [4.78, 5) is 51.3. The molecule has 30 heavy (non-hydrogen) atoms. The second-order valence-corrected chi connectivity index (χ2v) is 8.40. The average Bonchev–Trinajstić information content (AvgIpc) is 3.17. The quantitative estimate of drug-likeness (QED) is 0.680. The Kier molecular flexibility index (Phi) is 4.91. The Morgan fingerprint density at radius 3 is 2.63 bits per heavy atom. The highest BCUT2D eigenvalue weighted by molar-refractivity contribution is 7.99. The molecule has 2 unspecified atom stereocenters. The van der Waals surface area contributed by atoms with Gasteiger partial charge in [-0.15, -0.1) is 0 Å². The molecule has 2 N–H and O–H groups in total. The molecule has 160 valence electrons. The van der Waals surface area contributed by atoms with E-state index in [0.29, 0.717) is 27.7 Å². The number of carbonyl (C=O) groups is 4. The van der Waals surface area contributed by atoms with Gasteiger partial charge >= 0.3 is 12.2 Å². The molecule has 1 aromatic rings. The molecule has 0 bridgehead atoms. The summed E-state index contributed by atoms with van der Waals surface area (Å²) in [6.45, 7) is -0.855. The minimum absolute atomic E-state index is 0.0449. The van der Waals surface area contributed by atoms with Crippen molar-refractivity contribution in [1.82, 2.24) is 10.2 Å². The topological polar surface area (TPSA) is 98.8 Å². The van der Waals surface area contributed by atoms with Crippen molar-refractivity contribution in [2.45, 2.75) is 30.6 Å². The fourth-order valence-electron chi connectivity index (χ4n) is 3.86. The van der Waals surface area contributed by atoms with E-state index < -0.39 is 54.5 Å². The largest absolute Gasteiger partial charge is 0.409 e. The molecule has 12 heteroatoms. The SMILES string of the molecule is O=C1CC(C(F)(F)F)N(C(=O)CN2C(=O)NC3(CCSC3)C2=O)c2ccccc2N1. The maximum atomic E-state index is 13.8. The van der Waals surface area contributed by atoms with Crippen LogP contribution in [0.4, 0.5) is 29.3 Å². The van der Waals surface area contributed by atoms with Crippen LogP contribution in [-0.4, -0.2) is 64.5 Å². The third kappa shape index (κ3) is 3.38. The van der Waals surface area contributed by atoms with Gasteiger partial charge in [0.25, 0.3) is 5.91 Å². The van der Waals surface area contributed by atoms with Gasteiger partial charge in [-0.05, 0) is 24.3 Å². The minimum atomic E-state index is -4.90. The predicted molar refractivity (Wildman–Crippen MR) is 102 cm³/mol. The van der Waals surface area contributed by atoms with Crippen LogP contribution in [0.1, 0.15) is 12.8 Å². The normalized spacial score (nSPS) is 26.5. The summed E-state index contributed by atoms with van der Waals surface area (Å²) in [5.74, 6) is -1.62. The van der Waals surface area contributed by atoms with Gasteiger partial charge in [-0.3, -0.25) is 24.2 Å². The number of halogens is 3. The van der Waals surface area contributed by atoms with Gasteiger partial charge in [0, 0.05) is 5.75 Å². The van der Waals surface area contributed by atoms with Crippen molar-refractivity contribution in [3.63, 3.8) is 0 Å². The molecule has 2 fully saturated rings. The highest BCUT2D eigenvalue weighted by Crippen LogP contribution is 2.38. The lowest BCUT2D eigenvalue weighted by atomic mass is 9.99. The first-order chi connectivity index (χ1) is 14.1. The van der Waals surface area contributed by atoms with Gasteiger partial charge in [0.15, 0.2) is 0 Å². The van der Waals surface area contributed by atoms with Gasteiger partial charge in [0.2, 0.25) is 11.8 Å². The van der Waals surface area contributed by atoms with Crippen LogP contribution >= 0.6 is 11.8 Å². The lowest BCUT2D eigenvalue weighted by Gasteiger charge is -2.32. The van der Waals surface area contributed by atoms with E-state index in [4.69, 9.17) is 0 Å². The van der Waals surface area contributed by atoms with E-state index in [1.54, 1.807) is 0 Å². The van der Waals surface area contributed by atoms with Crippen LogP contribution in [0.3, 0.4) is 0 Å². The summed E-state index contributed by atoms with van der Waals surface area (Å²) in [5.41, 5.74) is -1.21. The van der Waals surface area contributed by atoms with Gasteiger partial charge < -0.3 is 10.6 Å². The van der Waals surface area contributed by atoms with Crippen molar-refractivity contribution in [1.29, 1.82) is 0 Å². The van der Waals surface area contributed by atoms with E-state index in [0.717, 1.165) is 0 Å². The van der Waals surface area contributed by atoms with Crippen LogP contribution in [0.5, 0.6) is 0 Å². The van der Waals surface area contributed by atoms with E-state index >= 15 is 0 Å². The Balaban J connectivity index is 1.68. The summed E-state index contributed by atoms with van der Waals surface area (Å²) in [6, 6.07) is 2.36. The molecule has 3 aliphatic rings. The second-order valence-electron chi connectivity index (χ2n) is 7.30. The Bertz CT molecular complexity index is 932. The van der Waals surface area contributed by atoms with Crippen molar-refractivity contribution in [2.75, 3.05) is 28.3 Å². The summed E-state index contributed by atoms with van der Waals surface area (Å²) in [7, 11) is 0. The summed E-state index contributed by atoms with van der Waals surface area (Å²) in [5, 5.41) is 4.94. The number of fused-ring (bicyclic) bond motifs is 1. The van der Waals surface area contributed by atoms with E-state index in [1.165, 1.54) is 36.0 Å². The van der Waals surface area contributed by atoms with Crippen LogP contribution in [0.2, 0.25) is 0 Å². The molecule has 3 aliphatic heterocycles. The van der Waals surface area contributed by atoms with Gasteiger partial charge in [0.1, 0.15) is 18.1 Å². The van der Waals surface area contributed by atoms with E-state index in [-0.39, 0.29) is 11.4 Å². The number of nitrogens with one attached hydrogen (secondary N) is 2. The van der Waals surface area contributed by atoms with Gasteiger partial charge in [-0.25, -0.2) is 4.79 Å².